The zero-order chi connectivity index (χ0) is 23.7. The Morgan fingerprint density at radius 3 is 2.67 bits per heavy atom. The number of rotatable bonds is 5. The van der Waals surface area contributed by atoms with E-state index in [9.17, 15) is 23.1 Å². The first-order valence-electron chi connectivity index (χ1n) is 11.2. The highest BCUT2D eigenvalue weighted by Crippen LogP contribution is 2.50. The van der Waals surface area contributed by atoms with Crippen LogP contribution in [0.2, 0.25) is 0 Å². The van der Waals surface area contributed by atoms with Crippen molar-refractivity contribution in [3.8, 4) is 0 Å². The number of fused-ring (bicyclic) bond motifs is 6. The summed E-state index contributed by atoms with van der Waals surface area (Å²) in [5, 5.41) is 14.2. The molecule has 4 heterocycles. The van der Waals surface area contributed by atoms with Crippen molar-refractivity contribution in [2.75, 3.05) is 11.9 Å². The van der Waals surface area contributed by atoms with E-state index in [0.717, 1.165) is 19.3 Å². The van der Waals surface area contributed by atoms with Gasteiger partial charge in [0, 0.05) is 6.54 Å². The molecule has 33 heavy (non-hydrogen) atoms. The topological polar surface area (TPSA) is 139 Å². The van der Waals surface area contributed by atoms with Gasteiger partial charge in [0.2, 0.25) is 9.84 Å². The quantitative estimate of drug-likeness (QED) is 0.593. The number of hydrogen-bond acceptors (Lipinski definition) is 7. The molecule has 2 bridgehead atoms. The zero-order valence-corrected chi connectivity index (χ0v) is 19.3. The van der Waals surface area contributed by atoms with E-state index in [2.05, 4.69) is 19.2 Å². The SMILES string of the molecule is CC(C)CCN1C(=O)C(C2=C(C(N)=O)S(=O)(=O)c3ccccc3N2)=C(O)C2C3CCC(O3)C21. The van der Waals surface area contributed by atoms with Gasteiger partial charge in [0.15, 0.2) is 4.91 Å². The van der Waals surface area contributed by atoms with Gasteiger partial charge in [0.05, 0.1) is 40.4 Å². The molecule has 0 aromatic heterocycles. The predicted octanol–water partition coefficient (Wildman–Crippen LogP) is 1.83. The van der Waals surface area contributed by atoms with Crippen LogP contribution in [0.15, 0.2) is 51.1 Å². The summed E-state index contributed by atoms with van der Waals surface area (Å²) in [4.78, 5) is 27.0. The minimum atomic E-state index is -4.31. The van der Waals surface area contributed by atoms with Crippen molar-refractivity contribution in [1.29, 1.82) is 0 Å². The molecule has 10 heteroatoms. The highest BCUT2D eigenvalue weighted by atomic mass is 32.2. The molecule has 2 saturated heterocycles. The number of nitrogens with two attached hydrogens (primary N) is 1. The molecule has 2 amide bonds. The molecule has 4 N–H and O–H groups in total. The molecule has 0 aliphatic carbocycles. The Bertz CT molecular complexity index is 1220. The Labute approximate surface area is 192 Å². The maximum Gasteiger partial charge on any atom is 0.262 e. The van der Waals surface area contributed by atoms with Crippen LogP contribution < -0.4 is 11.1 Å². The molecule has 4 aliphatic rings. The van der Waals surface area contributed by atoms with E-state index < -0.39 is 32.5 Å². The number of amides is 2. The Morgan fingerprint density at radius 1 is 1.27 bits per heavy atom. The molecule has 2 fully saturated rings. The van der Waals surface area contributed by atoms with Crippen LogP contribution in [0.25, 0.3) is 0 Å². The first kappa shape index (κ1) is 22.0. The lowest BCUT2D eigenvalue weighted by Crippen LogP contribution is -2.55. The Morgan fingerprint density at radius 2 is 1.97 bits per heavy atom. The fourth-order valence-corrected chi connectivity index (χ4v) is 7.07. The molecular formula is C23H27N3O6S. The van der Waals surface area contributed by atoms with Crippen LogP contribution in [-0.2, 0) is 24.2 Å². The number of nitrogens with zero attached hydrogens (tertiary/aromatic N) is 1. The highest BCUT2D eigenvalue weighted by Gasteiger charge is 2.58. The van der Waals surface area contributed by atoms with Gasteiger partial charge in [-0.15, -0.1) is 0 Å². The summed E-state index contributed by atoms with van der Waals surface area (Å²) in [6.45, 7) is 4.54. The third-order valence-corrected chi connectivity index (χ3v) is 8.87. The van der Waals surface area contributed by atoms with Crippen molar-refractivity contribution in [3.05, 3.63) is 46.2 Å². The lowest BCUT2D eigenvalue weighted by atomic mass is 9.77. The van der Waals surface area contributed by atoms with Crippen molar-refractivity contribution in [2.45, 2.75) is 56.3 Å². The normalized spacial score (nSPS) is 29.9. The molecule has 4 unspecified atom stereocenters. The number of aliphatic hydroxyl groups excluding tert-OH is 1. The van der Waals surface area contributed by atoms with Crippen molar-refractivity contribution >= 4 is 27.3 Å². The van der Waals surface area contributed by atoms with Gasteiger partial charge >= 0.3 is 0 Å². The first-order valence-corrected chi connectivity index (χ1v) is 12.7. The maximum atomic E-state index is 13.8. The summed E-state index contributed by atoms with van der Waals surface area (Å²) in [5.41, 5.74) is 5.25. The summed E-state index contributed by atoms with van der Waals surface area (Å²) in [6.07, 6.45) is 1.83. The van der Waals surface area contributed by atoms with Gasteiger partial charge in [0.25, 0.3) is 11.8 Å². The van der Waals surface area contributed by atoms with Gasteiger partial charge in [-0.1, -0.05) is 26.0 Å². The molecule has 1 aromatic carbocycles. The molecule has 4 atom stereocenters. The van der Waals surface area contributed by atoms with E-state index in [0.29, 0.717) is 12.5 Å². The number of hydrogen-bond donors (Lipinski definition) is 3. The molecule has 0 spiro atoms. The second-order valence-electron chi connectivity index (χ2n) is 9.44. The van der Waals surface area contributed by atoms with Gasteiger partial charge in [-0.05, 0) is 37.3 Å². The summed E-state index contributed by atoms with van der Waals surface area (Å²) >= 11 is 0. The fourth-order valence-electron chi connectivity index (χ4n) is 5.50. The van der Waals surface area contributed by atoms with Gasteiger partial charge in [-0.25, -0.2) is 8.42 Å². The summed E-state index contributed by atoms with van der Waals surface area (Å²) < 4.78 is 32.7. The van der Waals surface area contributed by atoms with E-state index in [1.165, 1.54) is 18.2 Å². The zero-order valence-electron chi connectivity index (χ0n) is 18.4. The van der Waals surface area contributed by atoms with Crippen LogP contribution in [-0.4, -0.2) is 55.0 Å². The van der Waals surface area contributed by atoms with Crippen LogP contribution in [0.5, 0.6) is 0 Å². The van der Waals surface area contributed by atoms with E-state index in [4.69, 9.17) is 10.5 Å². The Kier molecular flexibility index (Phi) is 5.06. The smallest absolute Gasteiger partial charge is 0.262 e. The third-order valence-electron chi connectivity index (χ3n) is 6.99. The maximum absolute atomic E-state index is 13.8. The number of carbonyl (C=O) groups is 2. The lowest BCUT2D eigenvalue weighted by Gasteiger charge is -2.43. The average molecular weight is 474 g/mol. The number of para-hydroxylation sites is 1. The van der Waals surface area contributed by atoms with Gasteiger partial charge in [-0.3, -0.25) is 9.59 Å². The van der Waals surface area contributed by atoms with Gasteiger partial charge < -0.3 is 25.8 Å². The number of carbonyl (C=O) groups excluding carboxylic acids is 2. The van der Waals surface area contributed by atoms with Gasteiger partial charge in [-0.2, -0.15) is 0 Å². The van der Waals surface area contributed by atoms with E-state index in [1.54, 1.807) is 11.0 Å². The molecule has 0 saturated carbocycles. The van der Waals surface area contributed by atoms with Crippen LogP contribution in [0.3, 0.4) is 0 Å². The Balaban J connectivity index is 1.70. The molecular weight excluding hydrogens is 446 g/mol. The third kappa shape index (κ3) is 3.18. The number of aliphatic hydroxyl groups is 1. The summed E-state index contributed by atoms with van der Waals surface area (Å²) in [6, 6.07) is 5.76. The highest BCUT2D eigenvalue weighted by molar-refractivity contribution is 7.96. The van der Waals surface area contributed by atoms with Gasteiger partial charge in [0.1, 0.15) is 11.3 Å². The van der Waals surface area contributed by atoms with Crippen LogP contribution in [0.4, 0.5) is 5.69 Å². The number of ether oxygens (including phenoxy) is 1. The largest absolute Gasteiger partial charge is 0.511 e. The van der Waals surface area contributed by atoms with Crippen molar-refractivity contribution in [3.63, 3.8) is 0 Å². The van der Waals surface area contributed by atoms with Crippen molar-refractivity contribution in [1.82, 2.24) is 4.90 Å². The number of anilines is 1. The second kappa shape index (κ2) is 7.59. The minimum Gasteiger partial charge on any atom is -0.511 e. The van der Waals surface area contributed by atoms with Crippen LogP contribution >= 0.6 is 0 Å². The molecule has 5 rings (SSSR count). The first-order chi connectivity index (χ1) is 15.6. The molecule has 0 radical (unpaired) electrons. The molecule has 4 aliphatic heterocycles. The van der Waals surface area contributed by atoms with E-state index in [-0.39, 0.29) is 45.9 Å². The van der Waals surface area contributed by atoms with E-state index >= 15 is 0 Å². The minimum absolute atomic E-state index is 0.108. The van der Waals surface area contributed by atoms with Crippen molar-refractivity contribution < 1.29 is 27.9 Å². The monoisotopic (exact) mass is 473 g/mol. The van der Waals surface area contributed by atoms with Crippen LogP contribution in [0.1, 0.15) is 33.1 Å². The summed E-state index contributed by atoms with van der Waals surface area (Å²) in [5.74, 6) is -2.11. The van der Waals surface area contributed by atoms with Crippen molar-refractivity contribution in [2.24, 2.45) is 17.6 Å². The average Bonchev–Trinajstić information content (AvgIpc) is 3.35. The van der Waals surface area contributed by atoms with Crippen LogP contribution in [0, 0.1) is 11.8 Å². The number of sulfone groups is 1. The standard InChI is InChI=1S/C23H27N3O6S/c1-11(2)9-10-26-19-14-8-7-13(32-14)16(19)20(27)17(23(26)29)18-21(22(24)28)33(30,31)15-6-4-3-5-12(15)25-18/h3-6,11,13-14,16,19,25,27H,7-10H2,1-2H3,(H2,24,28). The number of benzene rings is 1. The molecule has 1 aromatic rings. The predicted molar refractivity (Wildman–Crippen MR) is 119 cm³/mol. The number of primary amides is 1. The lowest BCUT2D eigenvalue weighted by molar-refractivity contribution is -0.133. The summed E-state index contributed by atoms with van der Waals surface area (Å²) in [7, 11) is -4.31. The van der Waals surface area contributed by atoms with E-state index in [1.807, 2.05) is 0 Å². The molecule has 9 nitrogen and oxygen atoms in total. The second-order valence-corrected chi connectivity index (χ2v) is 11.3. The molecule has 176 valence electrons. The Hall–Kier alpha value is -2.85. The number of nitrogens with one attached hydrogen (secondary N) is 1. The fraction of sp³-hybridized carbons (Fsp3) is 0.478.